The summed E-state index contributed by atoms with van der Waals surface area (Å²) >= 11 is 0. The van der Waals surface area contributed by atoms with Gasteiger partial charge < -0.3 is 19.7 Å². The molecule has 1 aliphatic carbocycles. The van der Waals surface area contributed by atoms with E-state index in [4.69, 9.17) is 9.47 Å². The normalized spacial score (nSPS) is 31.0. The van der Waals surface area contributed by atoms with Gasteiger partial charge in [0.2, 0.25) is 5.91 Å². The lowest BCUT2D eigenvalue weighted by Crippen LogP contribution is -2.63. The van der Waals surface area contributed by atoms with E-state index >= 15 is 0 Å². The molecular formula is C16H30N2O3. The topological polar surface area (TPSA) is 50.8 Å². The molecule has 0 aromatic carbocycles. The Hall–Kier alpha value is -0.650. The molecule has 0 bridgehead atoms. The van der Waals surface area contributed by atoms with E-state index in [9.17, 15) is 4.79 Å². The standard InChI is InChI=1S/C16H30N2O3/c1-5-20-14-9-13(16(14,2)3)18(4)15(19)11-17-10-12-7-6-8-21-12/h12-14,17H,5-11H2,1-4H3/t12-,13+,14+/m0/s1. The zero-order valence-corrected chi connectivity index (χ0v) is 13.9. The van der Waals surface area contributed by atoms with E-state index in [0.29, 0.717) is 6.54 Å². The van der Waals surface area contributed by atoms with Crippen LogP contribution in [-0.2, 0) is 14.3 Å². The number of rotatable bonds is 7. The van der Waals surface area contributed by atoms with Crippen molar-refractivity contribution >= 4 is 5.91 Å². The van der Waals surface area contributed by atoms with Gasteiger partial charge in [-0.1, -0.05) is 13.8 Å². The van der Waals surface area contributed by atoms with E-state index in [1.54, 1.807) is 0 Å². The molecule has 1 N–H and O–H groups in total. The molecule has 1 heterocycles. The highest BCUT2D eigenvalue weighted by atomic mass is 16.5. The summed E-state index contributed by atoms with van der Waals surface area (Å²) in [6.07, 6.45) is 3.72. The molecule has 0 aromatic rings. The molecule has 1 aliphatic heterocycles. The quantitative estimate of drug-likeness (QED) is 0.772. The van der Waals surface area contributed by atoms with Crippen LogP contribution in [0.3, 0.4) is 0 Å². The summed E-state index contributed by atoms with van der Waals surface area (Å²) in [6, 6.07) is 0.270. The van der Waals surface area contributed by atoms with E-state index in [0.717, 1.165) is 39.0 Å². The smallest absolute Gasteiger partial charge is 0.236 e. The molecule has 0 radical (unpaired) electrons. The number of nitrogens with zero attached hydrogens (tertiary/aromatic N) is 1. The SMILES string of the molecule is CCO[C@@H]1C[C@@H](N(C)C(=O)CNC[C@@H]2CCCO2)C1(C)C. The molecule has 2 rings (SSSR count). The summed E-state index contributed by atoms with van der Waals surface area (Å²) in [5.41, 5.74) is 0.0367. The summed E-state index contributed by atoms with van der Waals surface area (Å²) in [4.78, 5) is 14.2. The van der Waals surface area contributed by atoms with Gasteiger partial charge in [0.05, 0.1) is 18.8 Å². The third kappa shape index (κ3) is 3.76. The predicted octanol–water partition coefficient (Wildman–Crippen LogP) is 1.42. The second-order valence-corrected chi connectivity index (χ2v) is 6.79. The van der Waals surface area contributed by atoms with Crippen molar-refractivity contribution in [3.05, 3.63) is 0 Å². The average molecular weight is 298 g/mol. The number of carbonyl (C=O) groups is 1. The van der Waals surface area contributed by atoms with Crippen LogP contribution < -0.4 is 5.32 Å². The highest BCUT2D eigenvalue weighted by molar-refractivity contribution is 5.78. The van der Waals surface area contributed by atoms with Crippen LogP contribution in [0.1, 0.15) is 40.0 Å². The van der Waals surface area contributed by atoms with E-state index < -0.39 is 0 Å². The van der Waals surface area contributed by atoms with Crippen molar-refractivity contribution in [2.24, 2.45) is 5.41 Å². The zero-order chi connectivity index (χ0) is 15.5. The number of carbonyl (C=O) groups excluding carboxylic acids is 1. The van der Waals surface area contributed by atoms with Crippen LogP contribution >= 0.6 is 0 Å². The number of hydrogen-bond acceptors (Lipinski definition) is 4. The molecule has 5 nitrogen and oxygen atoms in total. The van der Waals surface area contributed by atoms with Crippen LogP contribution in [0.25, 0.3) is 0 Å². The molecule has 0 unspecified atom stereocenters. The third-order valence-corrected chi connectivity index (χ3v) is 5.03. The fourth-order valence-electron chi connectivity index (χ4n) is 3.45. The minimum absolute atomic E-state index is 0.0367. The molecule has 1 saturated carbocycles. The lowest BCUT2D eigenvalue weighted by Gasteiger charge is -2.54. The first-order valence-corrected chi connectivity index (χ1v) is 8.16. The Labute approximate surface area is 128 Å². The Morgan fingerprint density at radius 3 is 2.81 bits per heavy atom. The second kappa shape index (κ2) is 7.07. The minimum Gasteiger partial charge on any atom is -0.378 e. The van der Waals surface area contributed by atoms with E-state index in [-0.39, 0.29) is 29.6 Å². The Morgan fingerprint density at radius 2 is 2.24 bits per heavy atom. The van der Waals surface area contributed by atoms with Gasteiger partial charge in [-0.25, -0.2) is 0 Å². The Balaban J connectivity index is 1.72. The summed E-state index contributed by atoms with van der Waals surface area (Å²) in [5, 5.41) is 3.23. The summed E-state index contributed by atoms with van der Waals surface area (Å²) in [7, 11) is 1.91. The zero-order valence-electron chi connectivity index (χ0n) is 13.9. The molecule has 2 aliphatic rings. The van der Waals surface area contributed by atoms with Gasteiger partial charge in [0.25, 0.3) is 0 Å². The fraction of sp³-hybridized carbons (Fsp3) is 0.938. The number of hydrogen-bond donors (Lipinski definition) is 1. The van der Waals surface area contributed by atoms with Crippen LogP contribution in [0.4, 0.5) is 0 Å². The molecular weight excluding hydrogens is 268 g/mol. The van der Waals surface area contributed by atoms with Crippen molar-refractivity contribution in [3.63, 3.8) is 0 Å². The Bertz CT molecular complexity index is 353. The van der Waals surface area contributed by atoms with Crippen LogP contribution in [0.5, 0.6) is 0 Å². The van der Waals surface area contributed by atoms with Crippen LogP contribution in [0, 0.1) is 5.41 Å². The third-order valence-electron chi connectivity index (χ3n) is 5.03. The van der Waals surface area contributed by atoms with E-state index in [1.807, 2.05) is 18.9 Å². The Morgan fingerprint density at radius 1 is 1.48 bits per heavy atom. The summed E-state index contributed by atoms with van der Waals surface area (Å²) in [6.45, 7) is 9.15. The summed E-state index contributed by atoms with van der Waals surface area (Å²) in [5.74, 6) is 0.154. The highest BCUT2D eigenvalue weighted by Crippen LogP contribution is 2.45. The van der Waals surface area contributed by atoms with Crippen molar-refractivity contribution in [2.75, 3.05) is 33.4 Å². The maximum absolute atomic E-state index is 12.3. The molecule has 122 valence electrons. The molecule has 1 saturated heterocycles. The van der Waals surface area contributed by atoms with Gasteiger partial charge >= 0.3 is 0 Å². The lowest BCUT2D eigenvalue weighted by atomic mass is 9.64. The number of likely N-dealkylation sites (N-methyl/N-ethyl adjacent to an activating group) is 1. The fourth-order valence-corrected chi connectivity index (χ4v) is 3.45. The van der Waals surface area contributed by atoms with Crippen molar-refractivity contribution in [2.45, 2.75) is 58.3 Å². The van der Waals surface area contributed by atoms with Crippen molar-refractivity contribution in [1.29, 1.82) is 0 Å². The van der Waals surface area contributed by atoms with Gasteiger partial charge in [-0.3, -0.25) is 4.79 Å². The van der Waals surface area contributed by atoms with Gasteiger partial charge in [0.15, 0.2) is 0 Å². The number of nitrogens with one attached hydrogen (secondary N) is 1. The van der Waals surface area contributed by atoms with E-state index in [1.165, 1.54) is 0 Å². The van der Waals surface area contributed by atoms with Gasteiger partial charge in [0.1, 0.15) is 0 Å². The van der Waals surface area contributed by atoms with Gasteiger partial charge in [-0.05, 0) is 26.2 Å². The summed E-state index contributed by atoms with van der Waals surface area (Å²) < 4.78 is 11.3. The molecule has 2 fully saturated rings. The Kier molecular flexibility index (Phi) is 5.63. The molecule has 21 heavy (non-hydrogen) atoms. The molecule has 0 spiro atoms. The maximum atomic E-state index is 12.3. The van der Waals surface area contributed by atoms with Crippen LogP contribution in [0.2, 0.25) is 0 Å². The number of amides is 1. The first kappa shape index (κ1) is 16.7. The van der Waals surface area contributed by atoms with E-state index in [2.05, 4.69) is 19.2 Å². The molecule has 3 atom stereocenters. The lowest BCUT2D eigenvalue weighted by molar-refractivity contribution is -0.162. The minimum atomic E-state index is 0.0367. The van der Waals surface area contributed by atoms with Crippen LogP contribution in [-0.4, -0.2) is 62.4 Å². The first-order valence-electron chi connectivity index (χ1n) is 8.16. The largest absolute Gasteiger partial charge is 0.378 e. The monoisotopic (exact) mass is 298 g/mol. The van der Waals surface area contributed by atoms with Crippen LogP contribution in [0.15, 0.2) is 0 Å². The first-order chi connectivity index (χ1) is 9.96. The van der Waals surface area contributed by atoms with Gasteiger partial charge in [-0.15, -0.1) is 0 Å². The van der Waals surface area contributed by atoms with Crippen molar-refractivity contribution in [1.82, 2.24) is 10.2 Å². The molecule has 5 heteroatoms. The second-order valence-electron chi connectivity index (χ2n) is 6.79. The highest BCUT2D eigenvalue weighted by Gasteiger charge is 2.51. The van der Waals surface area contributed by atoms with Crippen molar-refractivity contribution in [3.8, 4) is 0 Å². The van der Waals surface area contributed by atoms with Gasteiger partial charge in [-0.2, -0.15) is 0 Å². The molecule has 0 aromatic heterocycles. The maximum Gasteiger partial charge on any atom is 0.236 e. The number of ether oxygens (including phenoxy) is 2. The average Bonchev–Trinajstić information content (AvgIpc) is 2.95. The molecule has 1 amide bonds. The van der Waals surface area contributed by atoms with Crippen molar-refractivity contribution < 1.29 is 14.3 Å². The predicted molar refractivity (Wildman–Crippen MR) is 82.2 cm³/mol. The van der Waals surface area contributed by atoms with Gasteiger partial charge in [0, 0.05) is 38.3 Å².